The van der Waals surface area contributed by atoms with Crippen molar-refractivity contribution in [1.82, 2.24) is 9.80 Å². The molecule has 0 N–H and O–H groups in total. The molecule has 19 heavy (non-hydrogen) atoms. The smallest absolute Gasteiger partial charge is 0.120 e. The average molecular weight is 268 g/mol. The van der Waals surface area contributed by atoms with Crippen LogP contribution in [-0.4, -0.2) is 68.6 Å². The summed E-state index contributed by atoms with van der Waals surface area (Å²) in [7, 11) is 0. The van der Waals surface area contributed by atoms with E-state index < -0.39 is 0 Å². The molecular weight excluding hydrogens is 240 g/mol. The summed E-state index contributed by atoms with van der Waals surface area (Å²) in [6, 6.07) is 0. The molecule has 0 aromatic carbocycles. The summed E-state index contributed by atoms with van der Waals surface area (Å²) in [5.74, 6) is 0.824. The van der Waals surface area contributed by atoms with Gasteiger partial charge in [-0.3, -0.25) is 0 Å². The Morgan fingerprint density at radius 1 is 1.05 bits per heavy atom. The Bertz CT molecular complexity index is 247. The molecule has 0 saturated carbocycles. The van der Waals surface area contributed by atoms with Gasteiger partial charge in [0.05, 0.1) is 0 Å². The van der Waals surface area contributed by atoms with Gasteiger partial charge in [-0.15, -0.1) is 0 Å². The number of unbranched alkanes of at least 4 members (excludes halogenated alkanes) is 1. The summed E-state index contributed by atoms with van der Waals surface area (Å²) in [4.78, 5) is 15.4. The molecule has 0 bridgehead atoms. The monoisotopic (exact) mass is 268 g/mol. The van der Waals surface area contributed by atoms with Crippen LogP contribution < -0.4 is 0 Å². The summed E-state index contributed by atoms with van der Waals surface area (Å²) < 4.78 is 5.42. The molecule has 2 aliphatic heterocycles. The van der Waals surface area contributed by atoms with Crippen LogP contribution in [0, 0.1) is 5.92 Å². The van der Waals surface area contributed by atoms with Gasteiger partial charge in [-0.2, -0.15) is 0 Å². The molecule has 110 valence electrons. The zero-order valence-corrected chi connectivity index (χ0v) is 12.1. The van der Waals surface area contributed by atoms with E-state index in [0.29, 0.717) is 6.42 Å². The number of rotatable bonds is 8. The van der Waals surface area contributed by atoms with Crippen LogP contribution in [0.1, 0.15) is 32.1 Å². The number of ether oxygens (including phenoxy) is 1. The summed E-state index contributed by atoms with van der Waals surface area (Å²) >= 11 is 0. The second-order valence-electron chi connectivity index (χ2n) is 5.86. The quantitative estimate of drug-likeness (QED) is 0.492. The minimum Gasteiger partial charge on any atom is -0.381 e. The Balaban J connectivity index is 1.49. The third kappa shape index (κ3) is 5.59. The highest BCUT2D eigenvalue weighted by Gasteiger charge is 2.18. The lowest BCUT2D eigenvalue weighted by atomic mass is 10.0. The van der Waals surface area contributed by atoms with Gasteiger partial charge in [-0.25, -0.2) is 0 Å². The molecule has 1 atom stereocenters. The van der Waals surface area contributed by atoms with Crippen molar-refractivity contribution in [2.75, 3.05) is 52.5 Å². The first kappa shape index (κ1) is 14.9. The Kier molecular flexibility index (Phi) is 6.82. The molecule has 4 nitrogen and oxygen atoms in total. The first-order chi connectivity index (χ1) is 9.38. The third-order valence-corrected chi connectivity index (χ3v) is 4.37. The topological polar surface area (TPSA) is 32.8 Å². The van der Waals surface area contributed by atoms with Crippen LogP contribution in [0.2, 0.25) is 0 Å². The predicted octanol–water partition coefficient (Wildman–Crippen LogP) is 1.40. The summed E-state index contributed by atoms with van der Waals surface area (Å²) in [5, 5.41) is 0. The molecule has 4 heteroatoms. The number of carbonyl (C=O) groups excluding carboxylic acids is 1. The number of aldehydes is 1. The van der Waals surface area contributed by atoms with Gasteiger partial charge < -0.3 is 19.3 Å². The van der Waals surface area contributed by atoms with Gasteiger partial charge in [0.1, 0.15) is 6.29 Å². The highest BCUT2D eigenvalue weighted by atomic mass is 16.5. The molecule has 0 amide bonds. The van der Waals surface area contributed by atoms with Crippen LogP contribution in [0.15, 0.2) is 0 Å². The normalized spacial score (nSPS) is 25.8. The third-order valence-electron chi connectivity index (χ3n) is 4.37. The summed E-state index contributed by atoms with van der Waals surface area (Å²) in [6.45, 7) is 9.04. The van der Waals surface area contributed by atoms with Crippen molar-refractivity contribution in [3.05, 3.63) is 0 Å². The molecular formula is C15H28N2O2. The van der Waals surface area contributed by atoms with Crippen molar-refractivity contribution in [2.24, 2.45) is 5.92 Å². The lowest BCUT2D eigenvalue weighted by Gasteiger charge is -2.34. The molecule has 0 spiro atoms. The van der Waals surface area contributed by atoms with Crippen LogP contribution in [0.25, 0.3) is 0 Å². The van der Waals surface area contributed by atoms with Crippen LogP contribution in [0.3, 0.4) is 0 Å². The minimum absolute atomic E-state index is 0.712. The zero-order valence-electron chi connectivity index (χ0n) is 12.1. The number of hydrogen-bond acceptors (Lipinski definition) is 4. The van der Waals surface area contributed by atoms with Crippen LogP contribution >= 0.6 is 0 Å². The Morgan fingerprint density at radius 2 is 1.74 bits per heavy atom. The molecule has 0 aliphatic carbocycles. The highest BCUT2D eigenvalue weighted by molar-refractivity contribution is 5.48. The molecule has 0 aromatic heterocycles. The SMILES string of the molecule is O=CCCCN1CCN(CCCC2CCOC2)CC1. The fourth-order valence-corrected chi connectivity index (χ4v) is 3.05. The Labute approximate surface area is 117 Å². The van der Waals surface area contributed by atoms with Gasteiger partial charge >= 0.3 is 0 Å². The standard InChI is InChI=1S/C15H28N2O2/c18-12-2-1-6-16-8-10-17(11-9-16)7-3-4-15-5-13-19-14-15/h12,15H,1-11,13-14H2. The fourth-order valence-electron chi connectivity index (χ4n) is 3.05. The maximum Gasteiger partial charge on any atom is 0.120 e. The molecule has 2 saturated heterocycles. The zero-order chi connectivity index (χ0) is 13.3. The number of nitrogens with zero attached hydrogens (tertiary/aromatic N) is 2. The first-order valence-electron chi connectivity index (χ1n) is 7.84. The van der Waals surface area contributed by atoms with E-state index in [4.69, 9.17) is 4.74 Å². The van der Waals surface area contributed by atoms with Crippen LogP contribution in [0.5, 0.6) is 0 Å². The van der Waals surface area contributed by atoms with Crippen molar-refractivity contribution >= 4 is 6.29 Å². The van der Waals surface area contributed by atoms with Crippen molar-refractivity contribution < 1.29 is 9.53 Å². The molecule has 0 aromatic rings. The number of piperazine rings is 1. The van der Waals surface area contributed by atoms with Gasteiger partial charge in [0.25, 0.3) is 0 Å². The van der Waals surface area contributed by atoms with Crippen molar-refractivity contribution in [2.45, 2.75) is 32.1 Å². The van der Waals surface area contributed by atoms with E-state index in [-0.39, 0.29) is 0 Å². The Hall–Kier alpha value is -0.450. The molecule has 0 radical (unpaired) electrons. The van der Waals surface area contributed by atoms with Gasteiger partial charge in [0, 0.05) is 45.8 Å². The van der Waals surface area contributed by atoms with E-state index in [2.05, 4.69) is 9.80 Å². The van der Waals surface area contributed by atoms with Crippen molar-refractivity contribution in [3.8, 4) is 0 Å². The van der Waals surface area contributed by atoms with E-state index in [1.54, 1.807) is 0 Å². The predicted molar refractivity (Wildman–Crippen MR) is 76.3 cm³/mol. The lowest BCUT2D eigenvalue weighted by molar-refractivity contribution is -0.108. The minimum atomic E-state index is 0.712. The number of hydrogen-bond donors (Lipinski definition) is 0. The average Bonchev–Trinajstić information content (AvgIpc) is 2.94. The van der Waals surface area contributed by atoms with E-state index in [1.807, 2.05) is 0 Å². The van der Waals surface area contributed by atoms with Gasteiger partial charge in [-0.05, 0) is 44.7 Å². The van der Waals surface area contributed by atoms with E-state index in [0.717, 1.165) is 38.4 Å². The van der Waals surface area contributed by atoms with Crippen molar-refractivity contribution in [3.63, 3.8) is 0 Å². The van der Waals surface area contributed by atoms with Crippen LogP contribution in [-0.2, 0) is 9.53 Å². The highest BCUT2D eigenvalue weighted by Crippen LogP contribution is 2.18. The molecule has 2 fully saturated rings. The summed E-state index contributed by atoms with van der Waals surface area (Å²) in [5.41, 5.74) is 0. The maximum atomic E-state index is 10.3. The van der Waals surface area contributed by atoms with E-state index >= 15 is 0 Å². The van der Waals surface area contributed by atoms with Gasteiger partial charge in [0.15, 0.2) is 0 Å². The molecule has 2 heterocycles. The molecule has 1 unspecified atom stereocenters. The lowest BCUT2D eigenvalue weighted by Crippen LogP contribution is -2.46. The van der Waals surface area contributed by atoms with Crippen molar-refractivity contribution in [1.29, 1.82) is 0 Å². The maximum absolute atomic E-state index is 10.3. The second-order valence-corrected chi connectivity index (χ2v) is 5.86. The second kappa shape index (κ2) is 8.67. The fraction of sp³-hybridized carbons (Fsp3) is 0.933. The van der Waals surface area contributed by atoms with E-state index in [1.165, 1.54) is 52.0 Å². The van der Waals surface area contributed by atoms with Gasteiger partial charge in [0.2, 0.25) is 0 Å². The molecule has 2 aliphatic rings. The van der Waals surface area contributed by atoms with E-state index in [9.17, 15) is 4.79 Å². The first-order valence-corrected chi connectivity index (χ1v) is 7.84. The van der Waals surface area contributed by atoms with Crippen LogP contribution in [0.4, 0.5) is 0 Å². The number of carbonyl (C=O) groups is 1. The Morgan fingerprint density at radius 3 is 2.32 bits per heavy atom. The molecule has 2 rings (SSSR count). The van der Waals surface area contributed by atoms with Gasteiger partial charge in [-0.1, -0.05) is 0 Å². The summed E-state index contributed by atoms with van der Waals surface area (Å²) in [6.07, 6.45) is 6.68. The largest absolute Gasteiger partial charge is 0.381 e.